The third kappa shape index (κ3) is 3.33. The number of hydrogen-bond acceptors (Lipinski definition) is 2. The first kappa shape index (κ1) is 14.7. The number of nitrogens with one attached hydrogen (secondary N) is 1. The third-order valence-corrected chi connectivity index (χ3v) is 3.93. The molecule has 1 N–H and O–H groups in total. The molecule has 0 aliphatic rings. The van der Waals surface area contributed by atoms with Crippen LogP contribution in [0.5, 0.6) is 0 Å². The summed E-state index contributed by atoms with van der Waals surface area (Å²) >= 11 is 2.24. The fraction of sp³-hybridized carbons (Fsp3) is 0. The Bertz CT molecular complexity index is 853. The zero-order valence-corrected chi connectivity index (χ0v) is 13.8. The van der Waals surface area contributed by atoms with Gasteiger partial charge in [-0.05, 0) is 57.1 Å². The van der Waals surface area contributed by atoms with Crippen LogP contribution in [0.1, 0.15) is 15.9 Å². The van der Waals surface area contributed by atoms with Gasteiger partial charge in [0.25, 0.3) is 5.91 Å². The highest BCUT2D eigenvalue weighted by Gasteiger charge is 2.08. The minimum absolute atomic E-state index is 0.210. The van der Waals surface area contributed by atoms with E-state index >= 15 is 0 Å². The first-order valence-electron chi connectivity index (χ1n) is 6.81. The summed E-state index contributed by atoms with van der Waals surface area (Å²) in [7, 11) is 0. The molecule has 0 aliphatic carbocycles. The molecule has 0 heterocycles. The van der Waals surface area contributed by atoms with Gasteiger partial charge in [0.05, 0.1) is 6.21 Å². The molecule has 3 nitrogen and oxygen atoms in total. The molecule has 108 valence electrons. The number of halogens is 1. The Morgan fingerprint density at radius 3 is 2.64 bits per heavy atom. The average molecular weight is 400 g/mol. The zero-order chi connectivity index (χ0) is 15.4. The van der Waals surface area contributed by atoms with Crippen LogP contribution in [0, 0.1) is 3.57 Å². The van der Waals surface area contributed by atoms with Gasteiger partial charge in [0.15, 0.2) is 0 Å². The van der Waals surface area contributed by atoms with Gasteiger partial charge in [0.1, 0.15) is 0 Å². The molecule has 0 spiro atoms. The summed E-state index contributed by atoms with van der Waals surface area (Å²) in [5, 5.41) is 6.00. The second-order valence-electron chi connectivity index (χ2n) is 4.78. The van der Waals surface area contributed by atoms with Crippen LogP contribution in [0.3, 0.4) is 0 Å². The number of hydrazone groups is 1. The molecule has 4 heteroatoms. The van der Waals surface area contributed by atoms with E-state index in [9.17, 15) is 4.79 Å². The molecule has 3 aromatic rings. The predicted molar refractivity (Wildman–Crippen MR) is 98.2 cm³/mol. The summed E-state index contributed by atoms with van der Waals surface area (Å²) in [6.45, 7) is 0. The van der Waals surface area contributed by atoms with E-state index in [2.05, 4.69) is 33.1 Å². The van der Waals surface area contributed by atoms with Crippen LogP contribution in [0.2, 0.25) is 0 Å². The Labute approximate surface area is 142 Å². The van der Waals surface area contributed by atoms with Crippen molar-refractivity contribution in [3.63, 3.8) is 0 Å². The molecule has 3 aromatic carbocycles. The van der Waals surface area contributed by atoms with E-state index in [0.717, 1.165) is 19.9 Å². The fourth-order valence-electron chi connectivity index (χ4n) is 2.24. The van der Waals surface area contributed by atoms with E-state index in [-0.39, 0.29) is 5.91 Å². The zero-order valence-electron chi connectivity index (χ0n) is 11.7. The normalized spacial score (nSPS) is 11.0. The number of nitrogens with zero attached hydrogens (tertiary/aromatic N) is 1. The van der Waals surface area contributed by atoms with Crippen molar-refractivity contribution in [3.8, 4) is 0 Å². The van der Waals surface area contributed by atoms with Gasteiger partial charge in [-0.3, -0.25) is 4.79 Å². The number of hydrogen-bond donors (Lipinski definition) is 1. The molecule has 0 unspecified atom stereocenters. The highest BCUT2D eigenvalue weighted by Crippen LogP contribution is 2.18. The highest BCUT2D eigenvalue weighted by atomic mass is 127. The monoisotopic (exact) mass is 400 g/mol. The van der Waals surface area contributed by atoms with Crippen molar-refractivity contribution in [2.45, 2.75) is 0 Å². The molecule has 3 rings (SSSR count). The van der Waals surface area contributed by atoms with Gasteiger partial charge in [-0.25, -0.2) is 5.43 Å². The molecule has 0 bridgehead atoms. The molecular formula is C18H13IN2O. The van der Waals surface area contributed by atoms with Crippen molar-refractivity contribution >= 4 is 45.5 Å². The summed E-state index contributed by atoms with van der Waals surface area (Å²) in [5.41, 5.74) is 4.16. The number of amides is 1. The summed E-state index contributed by atoms with van der Waals surface area (Å²) < 4.78 is 1.13. The fourth-order valence-corrected chi connectivity index (χ4v) is 2.80. The Hall–Kier alpha value is -2.21. The Balaban J connectivity index is 1.79. The van der Waals surface area contributed by atoms with E-state index < -0.39 is 0 Å². The summed E-state index contributed by atoms with van der Waals surface area (Å²) in [6.07, 6.45) is 1.64. The molecule has 0 aromatic heterocycles. The number of fused-ring (bicyclic) bond motifs is 1. The average Bonchev–Trinajstić information content (AvgIpc) is 2.54. The maximum Gasteiger partial charge on any atom is 0.271 e. The van der Waals surface area contributed by atoms with Gasteiger partial charge < -0.3 is 0 Å². The van der Waals surface area contributed by atoms with Gasteiger partial charge in [-0.15, -0.1) is 0 Å². The van der Waals surface area contributed by atoms with Crippen molar-refractivity contribution in [1.82, 2.24) is 5.43 Å². The largest absolute Gasteiger partial charge is 0.271 e. The van der Waals surface area contributed by atoms with Gasteiger partial charge in [0, 0.05) is 9.13 Å². The molecular weight excluding hydrogens is 387 g/mol. The number of benzene rings is 3. The lowest BCUT2D eigenvalue weighted by Crippen LogP contribution is -2.17. The van der Waals surface area contributed by atoms with Crippen LogP contribution in [-0.4, -0.2) is 12.1 Å². The van der Waals surface area contributed by atoms with Crippen LogP contribution in [0.25, 0.3) is 10.8 Å². The lowest BCUT2D eigenvalue weighted by Gasteiger charge is -2.04. The molecule has 0 saturated heterocycles. The first-order chi connectivity index (χ1) is 10.7. The van der Waals surface area contributed by atoms with E-state index in [1.807, 2.05) is 60.7 Å². The van der Waals surface area contributed by atoms with E-state index in [0.29, 0.717) is 5.56 Å². The van der Waals surface area contributed by atoms with Crippen LogP contribution in [0.15, 0.2) is 71.8 Å². The minimum atomic E-state index is -0.210. The van der Waals surface area contributed by atoms with Gasteiger partial charge in [0.2, 0.25) is 0 Å². The van der Waals surface area contributed by atoms with Crippen molar-refractivity contribution in [2.24, 2.45) is 5.10 Å². The lowest BCUT2D eigenvalue weighted by molar-refractivity contribution is 0.0957. The minimum Gasteiger partial charge on any atom is -0.267 e. The van der Waals surface area contributed by atoms with Crippen molar-refractivity contribution in [1.29, 1.82) is 0 Å². The number of rotatable bonds is 3. The van der Waals surface area contributed by atoms with Crippen molar-refractivity contribution < 1.29 is 4.79 Å². The Morgan fingerprint density at radius 1 is 1.00 bits per heavy atom. The predicted octanol–water partition coefficient (Wildman–Crippen LogP) is 4.21. The molecule has 0 fully saturated rings. The van der Waals surface area contributed by atoms with E-state index in [1.165, 1.54) is 0 Å². The Morgan fingerprint density at radius 2 is 1.77 bits per heavy atom. The molecule has 0 aliphatic heterocycles. The molecule has 1 amide bonds. The summed E-state index contributed by atoms with van der Waals surface area (Å²) in [5.74, 6) is -0.210. The Kier molecular flexibility index (Phi) is 4.48. The number of carbonyl (C=O) groups excluding carboxylic acids is 1. The SMILES string of the molecule is O=C(N/N=C/c1cccc(I)c1)c1cccc2ccccc12. The van der Waals surface area contributed by atoms with Crippen molar-refractivity contribution in [2.75, 3.05) is 0 Å². The van der Waals surface area contributed by atoms with Gasteiger partial charge >= 0.3 is 0 Å². The maximum atomic E-state index is 12.3. The standard InChI is InChI=1S/C18H13IN2O/c19-15-8-3-5-13(11-15)12-20-21-18(22)17-10-4-7-14-6-1-2-9-16(14)17/h1-12H,(H,21,22)/b20-12+. The van der Waals surface area contributed by atoms with E-state index in [4.69, 9.17) is 0 Å². The lowest BCUT2D eigenvalue weighted by atomic mass is 10.0. The van der Waals surface area contributed by atoms with Crippen molar-refractivity contribution in [3.05, 3.63) is 81.4 Å². The highest BCUT2D eigenvalue weighted by molar-refractivity contribution is 14.1. The van der Waals surface area contributed by atoms with Crippen LogP contribution < -0.4 is 5.43 Å². The second kappa shape index (κ2) is 6.70. The topological polar surface area (TPSA) is 41.5 Å². The van der Waals surface area contributed by atoms with Crippen LogP contribution in [-0.2, 0) is 0 Å². The van der Waals surface area contributed by atoms with Crippen LogP contribution in [0.4, 0.5) is 0 Å². The molecule has 0 atom stereocenters. The van der Waals surface area contributed by atoms with Gasteiger partial charge in [-0.2, -0.15) is 5.10 Å². The van der Waals surface area contributed by atoms with Crippen LogP contribution >= 0.6 is 22.6 Å². The summed E-state index contributed by atoms with van der Waals surface area (Å²) in [6, 6.07) is 21.4. The number of carbonyl (C=O) groups is 1. The summed E-state index contributed by atoms with van der Waals surface area (Å²) in [4.78, 5) is 12.3. The van der Waals surface area contributed by atoms with Gasteiger partial charge in [-0.1, -0.05) is 48.5 Å². The van der Waals surface area contributed by atoms with E-state index in [1.54, 1.807) is 12.3 Å². The molecule has 0 radical (unpaired) electrons. The quantitative estimate of drug-likeness (QED) is 0.400. The maximum absolute atomic E-state index is 12.3. The third-order valence-electron chi connectivity index (χ3n) is 3.26. The molecule has 0 saturated carbocycles. The second-order valence-corrected chi connectivity index (χ2v) is 6.03. The molecule has 22 heavy (non-hydrogen) atoms. The first-order valence-corrected chi connectivity index (χ1v) is 7.89. The smallest absolute Gasteiger partial charge is 0.267 e.